The maximum atomic E-state index is 12.5. The van der Waals surface area contributed by atoms with E-state index in [1.807, 2.05) is 30.3 Å². The summed E-state index contributed by atoms with van der Waals surface area (Å²) in [6.07, 6.45) is 1.12. The van der Waals surface area contributed by atoms with Gasteiger partial charge in [-0.05, 0) is 25.0 Å². The van der Waals surface area contributed by atoms with Crippen molar-refractivity contribution in [3.63, 3.8) is 0 Å². The fraction of sp³-hybridized carbons (Fsp3) is 0.533. The number of hydrogen-bond donors (Lipinski definition) is 0. The molecule has 1 fully saturated rings. The number of hydrogen-bond acceptors (Lipinski definition) is 3. The van der Waals surface area contributed by atoms with Gasteiger partial charge in [0, 0.05) is 45.8 Å². The first-order valence-corrected chi connectivity index (χ1v) is 8.74. The minimum absolute atomic E-state index is 0.0492. The number of nitrogens with zero attached hydrogens (tertiary/aromatic N) is 3. The molecule has 6 nitrogen and oxygen atoms in total. The van der Waals surface area contributed by atoms with Crippen LogP contribution < -0.4 is 4.90 Å². The Morgan fingerprint density at radius 3 is 2.14 bits per heavy atom. The molecule has 0 unspecified atom stereocenters. The topological polar surface area (TPSA) is 60.9 Å². The second-order valence-electron chi connectivity index (χ2n) is 5.70. The zero-order chi connectivity index (χ0) is 16.3. The highest BCUT2D eigenvalue weighted by molar-refractivity contribution is 7.86. The highest BCUT2D eigenvalue weighted by atomic mass is 32.2. The van der Waals surface area contributed by atoms with Gasteiger partial charge in [0.05, 0.1) is 0 Å². The van der Waals surface area contributed by atoms with E-state index in [0.29, 0.717) is 25.9 Å². The van der Waals surface area contributed by atoms with E-state index in [2.05, 4.69) is 0 Å². The fourth-order valence-electron chi connectivity index (χ4n) is 2.62. The van der Waals surface area contributed by atoms with Crippen LogP contribution in [0.15, 0.2) is 30.3 Å². The highest BCUT2D eigenvalue weighted by Crippen LogP contribution is 2.24. The smallest absolute Gasteiger partial charge is 0.281 e. The van der Waals surface area contributed by atoms with E-state index in [0.717, 1.165) is 5.69 Å². The van der Waals surface area contributed by atoms with Gasteiger partial charge >= 0.3 is 0 Å². The quantitative estimate of drug-likeness (QED) is 0.835. The number of benzene rings is 1. The number of amides is 1. The molecule has 1 aromatic rings. The summed E-state index contributed by atoms with van der Waals surface area (Å²) in [5.74, 6) is -0.0769. The van der Waals surface area contributed by atoms with Crippen LogP contribution >= 0.6 is 0 Å². The van der Waals surface area contributed by atoms with Crippen LogP contribution in [-0.2, 0) is 15.0 Å². The zero-order valence-electron chi connectivity index (χ0n) is 13.3. The number of anilines is 1. The molecular formula is C15H23N3O3S. The molecule has 7 heteroatoms. The molecular weight excluding hydrogens is 302 g/mol. The van der Waals surface area contributed by atoms with E-state index >= 15 is 0 Å². The van der Waals surface area contributed by atoms with E-state index in [9.17, 15) is 13.2 Å². The van der Waals surface area contributed by atoms with Crippen LogP contribution in [0.4, 0.5) is 5.69 Å². The molecule has 0 aliphatic carbocycles. The molecule has 0 bridgehead atoms. The maximum absolute atomic E-state index is 12.5. The van der Waals surface area contributed by atoms with Gasteiger partial charge in [0.15, 0.2) is 0 Å². The lowest BCUT2D eigenvalue weighted by Crippen LogP contribution is -2.47. The van der Waals surface area contributed by atoms with Gasteiger partial charge in [-0.25, -0.2) is 0 Å². The zero-order valence-corrected chi connectivity index (χ0v) is 14.1. The van der Waals surface area contributed by atoms with Gasteiger partial charge in [-0.1, -0.05) is 18.2 Å². The van der Waals surface area contributed by atoms with Crippen molar-refractivity contribution in [1.29, 1.82) is 0 Å². The Hall–Kier alpha value is -1.44. The molecule has 122 valence electrons. The molecule has 1 aliphatic rings. The molecule has 0 aromatic heterocycles. The number of piperidine rings is 1. The van der Waals surface area contributed by atoms with Gasteiger partial charge in [-0.15, -0.1) is 0 Å². The molecule has 1 heterocycles. The Bertz CT molecular complexity index is 608. The molecule has 0 N–H and O–H groups in total. The van der Waals surface area contributed by atoms with Crippen molar-refractivity contribution in [2.75, 3.05) is 39.1 Å². The maximum Gasteiger partial charge on any atom is 0.281 e. The number of para-hydroxylation sites is 1. The summed E-state index contributed by atoms with van der Waals surface area (Å²) in [5, 5.41) is 0. The van der Waals surface area contributed by atoms with Crippen LogP contribution in [0.1, 0.15) is 12.8 Å². The fourth-order valence-corrected chi connectivity index (χ4v) is 3.75. The van der Waals surface area contributed by atoms with E-state index in [-0.39, 0.29) is 11.8 Å². The second kappa shape index (κ2) is 6.76. The predicted octanol–water partition coefficient (Wildman–Crippen LogP) is 1.17. The van der Waals surface area contributed by atoms with Crippen LogP contribution in [-0.4, -0.2) is 57.2 Å². The minimum Gasteiger partial charge on any atom is -0.315 e. The molecule has 0 radical (unpaired) electrons. The number of rotatable bonds is 4. The van der Waals surface area contributed by atoms with Crippen molar-refractivity contribution in [3.05, 3.63) is 30.3 Å². The van der Waals surface area contributed by atoms with Gasteiger partial charge in [-0.2, -0.15) is 17.0 Å². The Morgan fingerprint density at radius 1 is 1.09 bits per heavy atom. The third kappa shape index (κ3) is 3.48. The van der Waals surface area contributed by atoms with Crippen molar-refractivity contribution < 1.29 is 13.2 Å². The summed E-state index contributed by atoms with van der Waals surface area (Å²) in [6, 6.07) is 9.48. The average Bonchev–Trinajstić information content (AvgIpc) is 2.54. The van der Waals surface area contributed by atoms with Gasteiger partial charge in [0.1, 0.15) is 0 Å². The minimum atomic E-state index is -3.38. The largest absolute Gasteiger partial charge is 0.315 e. The lowest BCUT2D eigenvalue weighted by molar-refractivity contribution is -0.123. The normalized spacial score (nSPS) is 17.6. The van der Waals surface area contributed by atoms with Gasteiger partial charge in [0.25, 0.3) is 10.2 Å². The van der Waals surface area contributed by atoms with Crippen LogP contribution in [0.5, 0.6) is 0 Å². The third-order valence-electron chi connectivity index (χ3n) is 4.06. The SMILES string of the molecule is CN(C(=O)C1CCN(S(=O)(=O)N(C)C)CC1)c1ccccc1. The predicted molar refractivity (Wildman–Crippen MR) is 86.8 cm³/mol. The second-order valence-corrected chi connectivity index (χ2v) is 7.84. The molecule has 1 aliphatic heterocycles. The summed E-state index contributed by atoms with van der Waals surface area (Å²) in [4.78, 5) is 14.2. The van der Waals surface area contributed by atoms with E-state index in [4.69, 9.17) is 0 Å². The standard InChI is InChI=1S/C15H23N3O3S/c1-16(2)22(20,21)18-11-9-13(10-12-18)15(19)17(3)14-7-5-4-6-8-14/h4-8,13H,9-12H2,1-3H3. The molecule has 0 spiro atoms. The average molecular weight is 325 g/mol. The number of carbonyl (C=O) groups is 1. The van der Waals surface area contributed by atoms with Gasteiger partial charge in [-0.3, -0.25) is 4.79 Å². The van der Waals surface area contributed by atoms with Crippen LogP contribution in [0.25, 0.3) is 0 Å². The Labute approximate surface area is 132 Å². The Balaban J connectivity index is 1.99. The molecule has 1 amide bonds. The van der Waals surface area contributed by atoms with Crippen LogP contribution in [0.2, 0.25) is 0 Å². The first-order valence-electron chi connectivity index (χ1n) is 7.34. The van der Waals surface area contributed by atoms with Crippen molar-refractivity contribution in [2.24, 2.45) is 5.92 Å². The third-order valence-corrected chi connectivity index (χ3v) is 6.01. The Kier molecular flexibility index (Phi) is 5.20. The van der Waals surface area contributed by atoms with Crippen molar-refractivity contribution in [2.45, 2.75) is 12.8 Å². The van der Waals surface area contributed by atoms with Crippen LogP contribution in [0, 0.1) is 5.92 Å². The van der Waals surface area contributed by atoms with Gasteiger partial charge in [0.2, 0.25) is 5.91 Å². The number of carbonyl (C=O) groups excluding carboxylic acids is 1. The summed E-state index contributed by atoms with van der Waals surface area (Å²) in [6.45, 7) is 0.777. The monoisotopic (exact) mass is 325 g/mol. The summed E-state index contributed by atoms with van der Waals surface area (Å²) < 4.78 is 26.8. The van der Waals surface area contributed by atoms with Crippen molar-refractivity contribution >= 4 is 21.8 Å². The molecule has 0 saturated carbocycles. The van der Waals surface area contributed by atoms with Crippen LogP contribution in [0.3, 0.4) is 0 Å². The Morgan fingerprint density at radius 2 is 1.64 bits per heavy atom. The highest BCUT2D eigenvalue weighted by Gasteiger charge is 2.33. The van der Waals surface area contributed by atoms with E-state index in [1.165, 1.54) is 22.7 Å². The van der Waals surface area contributed by atoms with E-state index in [1.54, 1.807) is 11.9 Å². The molecule has 1 saturated heterocycles. The van der Waals surface area contributed by atoms with E-state index < -0.39 is 10.2 Å². The lowest BCUT2D eigenvalue weighted by atomic mass is 9.96. The lowest BCUT2D eigenvalue weighted by Gasteiger charge is -2.33. The molecule has 22 heavy (non-hydrogen) atoms. The first kappa shape index (κ1) is 16.9. The molecule has 0 atom stereocenters. The summed E-state index contributed by atoms with van der Waals surface area (Å²) >= 11 is 0. The molecule has 1 aromatic carbocycles. The molecule has 2 rings (SSSR count). The first-order chi connectivity index (χ1) is 10.3. The van der Waals surface area contributed by atoms with Crippen molar-refractivity contribution in [1.82, 2.24) is 8.61 Å². The summed E-state index contributed by atoms with van der Waals surface area (Å²) in [7, 11) is 1.43. The summed E-state index contributed by atoms with van der Waals surface area (Å²) in [5.41, 5.74) is 0.857. The van der Waals surface area contributed by atoms with Crippen molar-refractivity contribution in [3.8, 4) is 0 Å². The van der Waals surface area contributed by atoms with Gasteiger partial charge < -0.3 is 4.90 Å².